The predicted octanol–water partition coefficient (Wildman–Crippen LogP) is 2.43. The SMILES string of the molecule is C/C=c1/c(CCN2CCCCC2C)cn(C)/c1=C/CC. The standard InChI is InChI=1S/C18H30N2/c1-5-9-18-17(6-2)16(14-19(18)4)11-13-20-12-8-7-10-15(20)3/h6,9,14-15H,5,7-8,10-13H2,1-4H3/b17-6-,18-9+. The van der Waals surface area contributed by atoms with Gasteiger partial charge in [-0.1, -0.05) is 25.5 Å². The second kappa shape index (κ2) is 7.12. The van der Waals surface area contributed by atoms with E-state index in [1.54, 1.807) is 0 Å². The van der Waals surface area contributed by atoms with Crippen LogP contribution in [0, 0.1) is 0 Å². The van der Waals surface area contributed by atoms with Crippen LogP contribution >= 0.6 is 0 Å². The van der Waals surface area contributed by atoms with E-state index < -0.39 is 0 Å². The number of aryl methyl sites for hydroxylation is 1. The molecule has 1 saturated heterocycles. The van der Waals surface area contributed by atoms with E-state index in [0.29, 0.717) is 0 Å². The Morgan fingerprint density at radius 3 is 2.80 bits per heavy atom. The summed E-state index contributed by atoms with van der Waals surface area (Å²) in [6.45, 7) is 9.24. The first-order chi connectivity index (χ1) is 9.67. The Morgan fingerprint density at radius 2 is 2.15 bits per heavy atom. The Morgan fingerprint density at radius 1 is 1.35 bits per heavy atom. The van der Waals surface area contributed by atoms with E-state index in [1.165, 1.54) is 54.9 Å². The maximum absolute atomic E-state index is 2.67. The fourth-order valence-electron chi connectivity index (χ4n) is 3.46. The number of nitrogens with zero attached hydrogens (tertiary/aromatic N) is 2. The highest BCUT2D eigenvalue weighted by atomic mass is 15.2. The van der Waals surface area contributed by atoms with E-state index in [-0.39, 0.29) is 0 Å². The van der Waals surface area contributed by atoms with Crippen molar-refractivity contribution in [3.05, 3.63) is 22.3 Å². The summed E-state index contributed by atoms with van der Waals surface area (Å²) in [5, 5.41) is 2.83. The van der Waals surface area contributed by atoms with Crippen LogP contribution in [0.1, 0.15) is 52.0 Å². The Balaban J connectivity index is 2.14. The Bertz CT molecular complexity index is 538. The van der Waals surface area contributed by atoms with Gasteiger partial charge in [-0.15, -0.1) is 0 Å². The lowest BCUT2D eigenvalue weighted by atomic mass is 10.0. The molecule has 2 nitrogen and oxygen atoms in total. The summed E-state index contributed by atoms with van der Waals surface area (Å²) in [6, 6.07) is 0.767. The van der Waals surface area contributed by atoms with Gasteiger partial charge in [-0.2, -0.15) is 0 Å². The molecule has 0 aliphatic carbocycles. The van der Waals surface area contributed by atoms with Crippen LogP contribution in [0.25, 0.3) is 12.2 Å². The van der Waals surface area contributed by atoms with E-state index in [1.807, 2.05) is 0 Å². The number of rotatable bonds is 4. The molecule has 1 aromatic heterocycles. The molecule has 2 heterocycles. The molecule has 0 bridgehead atoms. The molecule has 0 radical (unpaired) electrons. The lowest BCUT2D eigenvalue weighted by Gasteiger charge is -2.33. The van der Waals surface area contributed by atoms with Crippen LogP contribution in [-0.2, 0) is 13.5 Å². The lowest BCUT2D eigenvalue weighted by molar-refractivity contribution is 0.163. The van der Waals surface area contributed by atoms with Gasteiger partial charge in [0.2, 0.25) is 0 Å². The van der Waals surface area contributed by atoms with Crippen molar-refractivity contribution in [1.82, 2.24) is 9.47 Å². The van der Waals surface area contributed by atoms with Crippen molar-refractivity contribution < 1.29 is 0 Å². The Kier molecular flexibility index (Phi) is 5.47. The molecule has 1 unspecified atom stereocenters. The smallest absolute Gasteiger partial charge is 0.0436 e. The summed E-state index contributed by atoms with van der Waals surface area (Å²) in [5.74, 6) is 0. The number of likely N-dealkylation sites (tertiary alicyclic amines) is 1. The zero-order valence-corrected chi connectivity index (χ0v) is 13.7. The third-order valence-electron chi connectivity index (χ3n) is 4.65. The van der Waals surface area contributed by atoms with Crippen molar-refractivity contribution in [2.24, 2.45) is 7.05 Å². The largest absolute Gasteiger partial charge is 0.351 e. The van der Waals surface area contributed by atoms with Crippen LogP contribution in [0.15, 0.2) is 6.20 Å². The van der Waals surface area contributed by atoms with Gasteiger partial charge in [-0.3, -0.25) is 0 Å². The summed E-state index contributed by atoms with van der Waals surface area (Å²) in [7, 11) is 2.17. The third-order valence-corrected chi connectivity index (χ3v) is 4.65. The van der Waals surface area contributed by atoms with Crippen LogP contribution in [0.2, 0.25) is 0 Å². The van der Waals surface area contributed by atoms with Crippen LogP contribution in [0.3, 0.4) is 0 Å². The molecule has 1 aliphatic heterocycles. The highest BCUT2D eigenvalue weighted by Crippen LogP contribution is 2.16. The van der Waals surface area contributed by atoms with Gasteiger partial charge in [-0.05, 0) is 56.9 Å². The minimum Gasteiger partial charge on any atom is -0.351 e. The lowest BCUT2D eigenvalue weighted by Crippen LogP contribution is -2.39. The quantitative estimate of drug-likeness (QED) is 0.819. The number of aromatic nitrogens is 1. The molecule has 0 N–H and O–H groups in total. The summed E-state index contributed by atoms with van der Waals surface area (Å²) in [6.07, 6.45) is 13.4. The second-order valence-electron chi connectivity index (χ2n) is 6.10. The second-order valence-corrected chi connectivity index (χ2v) is 6.10. The molecule has 0 amide bonds. The van der Waals surface area contributed by atoms with E-state index in [2.05, 4.69) is 55.6 Å². The van der Waals surface area contributed by atoms with Crippen LogP contribution in [0.4, 0.5) is 0 Å². The van der Waals surface area contributed by atoms with Gasteiger partial charge in [0.05, 0.1) is 0 Å². The molecule has 1 atom stereocenters. The third kappa shape index (κ3) is 3.35. The van der Waals surface area contributed by atoms with Gasteiger partial charge in [0.1, 0.15) is 0 Å². The monoisotopic (exact) mass is 274 g/mol. The molecule has 0 aromatic carbocycles. The molecule has 20 heavy (non-hydrogen) atoms. The van der Waals surface area contributed by atoms with Gasteiger partial charge in [-0.25, -0.2) is 0 Å². The Labute approximate surface area is 123 Å². The first-order valence-corrected chi connectivity index (χ1v) is 8.22. The normalized spacial score (nSPS) is 22.7. The predicted molar refractivity (Wildman–Crippen MR) is 88.1 cm³/mol. The summed E-state index contributed by atoms with van der Waals surface area (Å²) in [4.78, 5) is 2.67. The maximum atomic E-state index is 2.67. The topological polar surface area (TPSA) is 8.17 Å². The van der Waals surface area contributed by atoms with E-state index in [4.69, 9.17) is 0 Å². The molecule has 2 heteroatoms. The summed E-state index contributed by atoms with van der Waals surface area (Å²) in [5.41, 5.74) is 1.51. The fourth-order valence-corrected chi connectivity index (χ4v) is 3.46. The number of piperidine rings is 1. The molecular formula is C18H30N2. The zero-order valence-electron chi connectivity index (χ0n) is 13.7. The van der Waals surface area contributed by atoms with Crippen molar-refractivity contribution in [3.8, 4) is 0 Å². The highest BCUT2D eigenvalue weighted by molar-refractivity contribution is 5.33. The molecule has 2 rings (SSSR count). The van der Waals surface area contributed by atoms with E-state index >= 15 is 0 Å². The molecule has 1 aliphatic rings. The first-order valence-electron chi connectivity index (χ1n) is 8.22. The Hall–Kier alpha value is -1.02. The zero-order chi connectivity index (χ0) is 14.5. The summed E-state index contributed by atoms with van der Waals surface area (Å²) < 4.78 is 2.29. The van der Waals surface area contributed by atoms with E-state index in [0.717, 1.165) is 12.5 Å². The van der Waals surface area contributed by atoms with Gasteiger partial charge in [0, 0.05) is 31.2 Å². The van der Waals surface area contributed by atoms with Crippen molar-refractivity contribution in [2.75, 3.05) is 13.1 Å². The number of hydrogen-bond acceptors (Lipinski definition) is 1. The van der Waals surface area contributed by atoms with Gasteiger partial charge in [0.25, 0.3) is 0 Å². The molecule has 1 aromatic rings. The summed E-state index contributed by atoms with van der Waals surface area (Å²) >= 11 is 0. The van der Waals surface area contributed by atoms with Gasteiger partial charge in [0.15, 0.2) is 0 Å². The first kappa shape index (κ1) is 15.4. The average molecular weight is 274 g/mol. The van der Waals surface area contributed by atoms with Gasteiger partial charge < -0.3 is 9.47 Å². The average Bonchev–Trinajstić information content (AvgIpc) is 2.74. The van der Waals surface area contributed by atoms with Crippen molar-refractivity contribution in [2.45, 2.75) is 58.9 Å². The molecular weight excluding hydrogens is 244 g/mol. The van der Waals surface area contributed by atoms with E-state index in [9.17, 15) is 0 Å². The van der Waals surface area contributed by atoms with Gasteiger partial charge >= 0.3 is 0 Å². The van der Waals surface area contributed by atoms with Crippen molar-refractivity contribution in [1.29, 1.82) is 0 Å². The van der Waals surface area contributed by atoms with Crippen LogP contribution in [0.5, 0.6) is 0 Å². The highest BCUT2D eigenvalue weighted by Gasteiger charge is 2.17. The minimum atomic E-state index is 0.767. The minimum absolute atomic E-state index is 0.767. The fraction of sp³-hybridized carbons (Fsp3) is 0.667. The number of hydrogen-bond donors (Lipinski definition) is 0. The van der Waals surface area contributed by atoms with Crippen LogP contribution in [-0.4, -0.2) is 28.6 Å². The molecule has 1 fully saturated rings. The maximum Gasteiger partial charge on any atom is 0.0436 e. The molecule has 112 valence electrons. The van der Waals surface area contributed by atoms with Crippen molar-refractivity contribution >= 4 is 12.2 Å². The van der Waals surface area contributed by atoms with Crippen LogP contribution < -0.4 is 10.6 Å². The molecule has 0 saturated carbocycles. The van der Waals surface area contributed by atoms with Crippen molar-refractivity contribution in [3.63, 3.8) is 0 Å². The molecule has 0 spiro atoms.